The molecular weight excluding hydrogens is 368 g/mol. The number of nitrogens with zero attached hydrogens (tertiary/aromatic N) is 2. The van der Waals surface area contributed by atoms with Gasteiger partial charge in [0.1, 0.15) is 0 Å². The maximum Gasteiger partial charge on any atom is 0.322 e. The number of amides is 3. The smallest absolute Gasteiger partial charge is 0.322 e. The number of hydrogen-bond acceptors (Lipinski definition) is 3. The number of aromatic nitrogens is 1. The largest absolute Gasteiger partial charge is 0.383 e. The minimum Gasteiger partial charge on any atom is -0.383 e. The Hall–Kier alpha value is -3.32. The van der Waals surface area contributed by atoms with Crippen molar-refractivity contribution in [3.05, 3.63) is 59.8 Å². The number of methoxy groups -OCH3 is 1. The third kappa shape index (κ3) is 3.82. The van der Waals surface area contributed by atoms with Crippen LogP contribution < -0.4 is 15.5 Å². The van der Waals surface area contributed by atoms with Gasteiger partial charge >= 0.3 is 6.03 Å². The van der Waals surface area contributed by atoms with Crippen molar-refractivity contribution in [2.45, 2.75) is 13.5 Å². The third-order valence-corrected chi connectivity index (χ3v) is 5.17. The Balaban J connectivity index is 1.50. The van der Waals surface area contributed by atoms with Crippen molar-refractivity contribution < 1.29 is 14.3 Å². The highest BCUT2D eigenvalue weighted by Crippen LogP contribution is 2.24. The molecule has 7 nitrogen and oxygen atoms in total. The van der Waals surface area contributed by atoms with Crippen LogP contribution in [0.25, 0.3) is 10.9 Å². The van der Waals surface area contributed by atoms with Crippen LogP contribution in [0.15, 0.2) is 48.7 Å². The summed E-state index contributed by atoms with van der Waals surface area (Å²) < 4.78 is 7.27. The zero-order valence-electron chi connectivity index (χ0n) is 16.6. The summed E-state index contributed by atoms with van der Waals surface area (Å²) in [6, 6.07) is 13.2. The summed E-state index contributed by atoms with van der Waals surface area (Å²) in [6.07, 6.45) is 2.02. The summed E-state index contributed by atoms with van der Waals surface area (Å²) in [7, 11) is 1.69. The number of carbonyl (C=O) groups is 2. The molecule has 2 heterocycles. The van der Waals surface area contributed by atoms with E-state index < -0.39 is 0 Å². The van der Waals surface area contributed by atoms with E-state index in [1.807, 2.05) is 49.5 Å². The number of rotatable bonds is 6. The van der Waals surface area contributed by atoms with Gasteiger partial charge in [0, 0.05) is 60.8 Å². The van der Waals surface area contributed by atoms with Crippen molar-refractivity contribution in [1.82, 2.24) is 9.88 Å². The van der Waals surface area contributed by atoms with Crippen LogP contribution in [-0.2, 0) is 11.3 Å². The van der Waals surface area contributed by atoms with Crippen LogP contribution in [0.3, 0.4) is 0 Å². The Morgan fingerprint density at radius 2 is 2.07 bits per heavy atom. The van der Waals surface area contributed by atoms with E-state index in [1.54, 1.807) is 18.1 Å². The van der Waals surface area contributed by atoms with Crippen molar-refractivity contribution in [3.8, 4) is 0 Å². The summed E-state index contributed by atoms with van der Waals surface area (Å²) in [5, 5.41) is 6.81. The molecule has 4 rings (SSSR count). The number of carbonyl (C=O) groups excluding carboxylic acids is 2. The summed E-state index contributed by atoms with van der Waals surface area (Å²) in [6.45, 7) is 4.61. The number of hydrogen-bond donors (Lipinski definition) is 2. The van der Waals surface area contributed by atoms with E-state index in [2.05, 4.69) is 15.2 Å². The van der Waals surface area contributed by atoms with E-state index in [9.17, 15) is 9.59 Å². The SMILES string of the molecule is COCCn1ccc2cc(NC(=O)c3ccc(N4CCNC4=O)c(C)c3)ccc21. The quantitative estimate of drug-likeness (QED) is 0.675. The first-order valence-corrected chi connectivity index (χ1v) is 9.62. The highest BCUT2D eigenvalue weighted by molar-refractivity contribution is 6.06. The van der Waals surface area contributed by atoms with E-state index in [4.69, 9.17) is 4.74 Å². The molecule has 0 radical (unpaired) electrons. The molecule has 2 aromatic carbocycles. The molecule has 150 valence electrons. The number of ether oxygens (including phenoxy) is 1. The second-order valence-electron chi connectivity index (χ2n) is 7.11. The van der Waals surface area contributed by atoms with Crippen LogP contribution in [0.5, 0.6) is 0 Å². The van der Waals surface area contributed by atoms with Crippen molar-refractivity contribution >= 4 is 34.2 Å². The van der Waals surface area contributed by atoms with Gasteiger partial charge in [0.15, 0.2) is 0 Å². The molecule has 0 spiro atoms. The number of aryl methyl sites for hydroxylation is 1. The van der Waals surface area contributed by atoms with Crippen LogP contribution >= 0.6 is 0 Å². The maximum absolute atomic E-state index is 12.7. The van der Waals surface area contributed by atoms with Gasteiger partial charge in [0.25, 0.3) is 5.91 Å². The molecule has 3 aromatic rings. The molecule has 2 N–H and O–H groups in total. The van der Waals surface area contributed by atoms with Gasteiger partial charge in [-0.05, 0) is 55.0 Å². The molecule has 7 heteroatoms. The van der Waals surface area contributed by atoms with Crippen LogP contribution in [0.2, 0.25) is 0 Å². The minimum absolute atomic E-state index is 0.101. The van der Waals surface area contributed by atoms with Gasteiger partial charge in [0.2, 0.25) is 0 Å². The molecule has 1 aliphatic rings. The molecule has 1 fully saturated rings. The van der Waals surface area contributed by atoms with Gasteiger partial charge in [-0.25, -0.2) is 4.79 Å². The zero-order valence-corrected chi connectivity index (χ0v) is 16.6. The normalized spacial score (nSPS) is 13.7. The molecule has 0 aliphatic carbocycles. The van der Waals surface area contributed by atoms with E-state index in [-0.39, 0.29) is 11.9 Å². The van der Waals surface area contributed by atoms with Crippen molar-refractivity contribution in [2.24, 2.45) is 0 Å². The monoisotopic (exact) mass is 392 g/mol. The number of benzene rings is 2. The number of fused-ring (bicyclic) bond motifs is 1. The van der Waals surface area contributed by atoms with Gasteiger partial charge < -0.3 is 19.9 Å². The van der Waals surface area contributed by atoms with Crippen LogP contribution in [0.1, 0.15) is 15.9 Å². The predicted octanol–water partition coefficient (Wildman–Crippen LogP) is 3.38. The Bertz CT molecular complexity index is 1070. The molecule has 1 aromatic heterocycles. The van der Waals surface area contributed by atoms with E-state index >= 15 is 0 Å². The lowest BCUT2D eigenvalue weighted by atomic mass is 10.1. The molecular formula is C22H24N4O3. The van der Waals surface area contributed by atoms with Gasteiger partial charge in [-0.1, -0.05) is 0 Å². The molecule has 3 amide bonds. The van der Waals surface area contributed by atoms with E-state index in [0.717, 1.165) is 34.4 Å². The Kier molecular flexibility index (Phi) is 5.22. The second kappa shape index (κ2) is 7.97. The predicted molar refractivity (Wildman–Crippen MR) is 114 cm³/mol. The van der Waals surface area contributed by atoms with Crippen molar-refractivity contribution in [1.29, 1.82) is 0 Å². The van der Waals surface area contributed by atoms with Crippen LogP contribution in [0, 0.1) is 6.92 Å². The lowest BCUT2D eigenvalue weighted by Gasteiger charge is -2.17. The Labute approximate surface area is 169 Å². The number of anilines is 2. The topological polar surface area (TPSA) is 75.6 Å². The lowest BCUT2D eigenvalue weighted by molar-refractivity contribution is 0.102. The maximum atomic E-state index is 12.7. The van der Waals surface area contributed by atoms with E-state index in [1.165, 1.54) is 0 Å². The first-order valence-electron chi connectivity index (χ1n) is 9.62. The highest BCUT2D eigenvalue weighted by Gasteiger charge is 2.23. The average molecular weight is 392 g/mol. The van der Waals surface area contributed by atoms with Gasteiger partial charge in [-0.15, -0.1) is 0 Å². The molecule has 29 heavy (non-hydrogen) atoms. The second-order valence-corrected chi connectivity index (χ2v) is 7.11. The van der Waals surface area contributed by atoms with Gasteiger partial charge in [-0.2, -0.15) is 0 Å². The fraction of sp³-hybridized carbons (Fsp3) is 0.273. The third-order valence-electron chi connectivity index (χ3n) is 5.17. The number of nitrogens with one attached hydrogen (secondary N) is 2. The summed E-state index contributed by atoms with van der Waals surface area (Å²) in [5.41, 5.74) is 4.12. The van der Waals surface area contributed by atoms with Crippen LogP contribution in [-0.4, -0.2) is 43.3 Å². The standard InChI is InChI=1S/C22H24N4O3/c1-15-13-17(3-5-19(15)26-10-8-23-22(26)28)21(27)24-18-4-6-20-16(14-18)7-9-25(20)11-12-29-2/h3-7,9,13-14H,8,10-12H2,1-2H3,(H,23,28)(H,24,27). The lowest BCUT2D eigenvalue weighted by Crippen LogP contribution is -2.28. The molecule has 0 saturated carbocycles. The molecule has 0 bridgehead atoms. The highest BCUT2D eigenvalue weighted by atomic mass is 16.5. The fourth-order valence-electron chi connectivity index (χ4n) is 3.67. The molecule has 1 aliphatic heterocycles. The zero-order chi connectivity index (χ0) is 20.4. The first-order chi connectivity index (χ1) is 14.1. The van der Waals surface area contributed by atoms with Gasteiger partial charge in [-0.3, -0.25) is 9.69 Å². The van der Waals surface area contributed by atoms with Crippen molar-refractivity contribution in [3.63, 3.8) is 0 Å². The first kappa shape index (κ1) is 19.0. The average Bonchev–Trinajstić information content (AvgIpc) is 3.32. The van der Waals surface area contributed by atoms with Crippen molar-refractivity contribution in [2.75, 3.05) is 37.0 Å². The summed E-state index contributed by atoms with van der Waals surface area (Å²) >= 11 is 0. The Morgan fingerprint density at radius 3 is 2.79 bits per heavy atom. The number of urea groups is 1. The fourth-order valence-corrected chi connectivity index (χ4v) is 3.67. The van der Waals surface area contributed by atoms with Crippen LogP contribution in [0.4, 0.5) is 16.2 Å². The van der Waals surface area contributed by atoms with Gasteiger partial charge in [0.05, 0.1) is 6.61 Å². The Morgan fingerprint density at radius 1 is 1.21 bits per heavy atom. The van der Waals surface area contributed by atoms with E-state index in [0.29, 0.717) is 25.3 Å². The molecule has 0 atom stereocenters. The summed E-state index contributed by atoms with van der Waals surface area (Å²) in [4.78, 5) is 26.3. The molecule has 1 saturated heterocycles. The minimum atomic E-state index is -0.177. The molecule has 0 unspecified atom stereocenters. The summed E-state index contributed by atoms with van der Waals surface area (Å²) in [5.74, 6) is -0.177.